The van der Waals surface area contributed by atoms with Gasteiger partial charge in [0.15, 0.2) is 17.0 Å². The molecule has 0 bridgehead atoms. The molecule has 2 aromatic heterocycles. The predicted octanol–water partition coefficient (Wildman–Crippen LogP) is 3.37. The molecular weight excluding hydrogens is 706 g/mol. The number of likely N-dealkylation sites (N-methyl/N-ethyl adjacent to an activating group) is 2. The van der Waals surface area contributed by atoms with Gasteiger partial charge in [-0.25, -0.2) is 14.6 Å². The monoisotopic (exact) mass is 744 g/mol. The number of piperazine rings is 1. The fraction of sp³-hybridized carbons (Fsp3) is 0.516. The number of nitrogens with one attached hydrogen (secondary N) is 1. The van der Waals surface area contributed by atoms with E-state index in [-0.39, 0.29) is 17.8 Å². The number of carbonyl (C=O) groups is 3. The molecule has 284 valence electrons. The SMILES string of the molecule is CN(C)CCn1cnc2c(N(NC(=O)c3cccc(N4CCN(C)CC4)c3)C3CCCC3)nc(C#N)nc21.O=C(O)C(F)(F)F.O=C(O)C(F)(F)F. The third-order valence-electron chi connectivity index (χ3n) is 7.94. The van der Waals surface area contributed by atoms with Gasteiger partial charge in [0.25, 0.3) is 5.91 Å². The van der Waals surface area contributed by atoms with Crippen LogP contribution in [0.1, 0.15) is 41.9 Å². The molecule has 0 spiro atoms. The number of carboxylic acids is 2. The Labute approximate surface area is 294 Å². The third-order valence-corrected chi connectivity index (χ3v) is 7.94. The smallest absolute Gasteiger partial charge is 0.475 e. The van der Waals surface area contributed by atoms with E-state index in [4.69, 9.17) is 19.8 Å². The topological polar surface area (TPSA) is 184 Å². The van der Waals surface area contributed by atoms with Gasteiger partial charge in [-0.1, -0.05) is 18.9 Å². The van der Waals surface area contributed by atoms with E-state index in [0.29, 0.717) is 29.1 Å². The maximum Gasteiger partial charge on any atom is 0.490 e. The highest BCUT2D eigenvalue weighted by atomic mass is 19.4. The van der Waals surface area contributed by atoms with Gasteiger partial charge in [-0.3, -0.25) is 15.2 Å². The lowest BCUT2D eigenvalue weighted by molar-refractivity contribution is -0.193. The van der Waals surface area contributed by atoms with Crippen molar-refractivity contribution in [2.75, 3.05) is 63.8 Å². The lowest BCUT2D eigenvalue weighted by Gasteiger charge is -2.34. The second-order valence-electron chi connectivity index (χ2n) is 12.1. The Morgan fingerprint density at radius 3 is 2.08 bits per heavy atom. The zero-order chi connectivity index (χ0) is 38.8. The Balaban J connectivity index is 0.000000441. The molecule has 3 aromatic rings. The maximum atomic E-state index is 13.6. The summed E-state index contributed by atoms with van der Waals surface area (Å²) in [5.74, 6) is -5.18. The maximum absolute atomic E-state index is 13.6. The lowest BCUT2D eigenvalue weighted by atomic mass is 10.1. The van der Waals surface area contributed by atoms with Crippen molar-refractivity contribution in [1.82, 2.24) is 34.7 Å². The van der Waals surface area contributed by atoms with Gasteiger partial charge in [-0.2, -0.15) is 41.6 Å². The molecule has 0 atom stereocenters. The van der Waals surface area contributed by atoms with Crippen molar-refractivity contribution >= 4 is 40.5 Å². The van der Waals surface area contributed by atoms with Crippen LogP contribution in [0.4, 0.5) is 37.8 Å². The Bertz CT molecular complexity index is 1710. The van der Waals surface area contributed by atoms with Crippen molar-refractivity contribution in [3.05, 3.63) is 42.0 Å². The Morgan fingerprint density at radius 2 is 1.56 bits per heavy atom. The van der Waals surface area contributed by atoms with Crippen LogP contribution in [0.5, 0.6) is 0 Å². The first-order valence-corrected chi connectivity index (χ1v) is 15.8. The molecule has 3 N–H and O–H groups in total. The van der Waals surface area contributed by atoms with Gasteiger partial charge in [-0.05, 0) is 52.2 Å². The molecule has 3 heterocycles. The molecule has 1 aliphatic carbocycles. The van der Waals surface area contributed by atoms with Crippen LogP contribution in [0.15, 0.2) is 30.6 Å². The minimum Gasteiger partial charge on any atom is -0.475 e. The Hall–Kier alpha value is -5.23. The Morgan fingerprint density at radius 1 is 0.981 bits per heavy atom. The molecule has 2 fully saturated rings. The summed E-state index contributed by atoms with van der Waals surface area (Å²) in [6, 6.07) is 9.96. The highest BCUT2D eigenvalue weighted by Gasteiger charge is 2.39. The van der Waals surface area contributed by atoms with E-state index >= 15 is 0 Å². The molecule has 1 saturated heterocycles. The fourth-order valence-corrected chi connectivity index (χ4v) is 5.18. The van der Waals surface area contributed by atoms with E-state index in [1.54, 1.807) is 6.33 Å². The van der Waals surface area contributed by atoms with Crippen molar-refractivity contribution in [1.29, 1.82) is 5.26 Å². The largest absolute Gasteiger partial charge is 0.490 e. The molecule has 15 nitrogen and oxygen atoms in total. The number of hydrogen-bond acceptors (Lipinski definition) is 11. The molecule has 5 rings (SSSR count). The van der Waals surface area contributed by atoms with Crippen molar-refractivity contribution < 1.29 is 50.9 Å². The summed E-state index contributed by atoms with van der Waals surface area (Å²) in [4.78, 5) is 51.8. The van der Waals surface area contributed by atoms with E-state index in [2.05, 4.69) is 54.3 Å². The van der Waals surface area contributed by atoms with Crippen LogP contribution >= 0.6 is 0 Å². The van der Waals surface area contributed by atoms with E-state index in [0.717, 1.165) is 64.1 Å². The normalized spacial score (nSPS) is 15.3. The second-order valence-corrected chi connectivity index (χ2v) is 12.1. The number of hydrogen-bond donors (Lipinski definition) is 3. The van der Waals surface area contributed by atoms with Crippen LogP contribution in [-0.4, -0.2) is 130 Å². The number of amides is 1. The number of carbonyl (C=O) groups excluding carboxylic acids is 1. The van der Waals surface area contributed by atoms with Crippen molar-refractivity contribution in [3.8, 4) is 6.07 Å². The molecule has 2 aliphatic rings. The summed E-state index contributed by atoms with van der Waals surface area (Å²) in [5, 5.41) is 25.8. The number of alkyl halides is 6. The van der Waals surface area contributed by atoms with Gasteiger partial charge in [0.2, 0.25) is 5.82 Å². The number of aromatic nitrogens is 4. The summed E-state index contributed by atoms with van der Waals surface area (Å²) >= 11 is 0. The standard InChI is InChI=1S/C27H36N10O.2C2HF3O2/c1-33(2)11-14-36-19-29-24-25(36)30-23(18-28)31-26(24)37(21-8-4-5-9-21)32-27(38)20-7-6-10-22(17-20)35-15-12-34(3)13-16-35;2*3-2(4,5)1(6)7/h6-7,10,17,19,21H,4-5,8-9,11-16H2,1-3H3,(H,32,38);2*(H,6,7). The van der Waals surface area contributed by atoms with Crippen LogP contribution in [0.3, 0.4) is 0 Å². The van der Waals surface area contributed by atoms with Gasteiger partial charge in [0, 0.05) is 50.5 Å². The average molecular weight is 745 g/mol. The first-order chi connectivity index (χ1) is 24.3. The molecule has 1 amide bonds. The molecule has 21 heteroatoms. The molecule has 52 heavy (non-hydrogen) atoms. The lowest BCUT2D eigenvalue weighted by Crippen LogP contribution is -2.48. The number of imidazole rings is 1. The number of nitriles is 1. The highest BCUT2D eigenvalue weighted by molar-refractivity contribution is 5.97. The summed E-state index contributed by atoms with van der Waals surface area (Å²) in [6.07, 6.45) is -4.42. The number of nitrogens with zero attached hydrogens (tertiary/aromatic N) is 9. The van der Waals surface area contributed by atoms with Gasteiger partial charge in [0.05, 0.1) is 12.4 Å². The number of carboxylic acid groups (broad SMARTS) is 2. The van der Waals surface area contributed by atoms with E-state index < -0.39 is 24.3 Å². The minimum absolute atomic E-state index is 0.0633. The first-order valence-electron chi connectivity index (χ1n) is 15.8. The van der Waals surface area contributed by atoms with Gasteiger partial charge in [0.1, 0.15) is 6.07 Å². The van der Waals surface area contributed by atoms with Gasteiger partial charge in [-0.15, -0.1) is 0 Å². The number of halogens is 6. The molecule has 1 aromatic carbocycles. The molecule has 0 radical (unpaired) electrons. The van der Waals surface area contributed by atoms with Crippen molar-refractivity contribution in [3.63, 3.8) is 0 Å². The quantitative estimate of drug-likeness (QED) is 0.226. The summed E-state index contributed by atoms with van der Waals surface area (Å²) in [7, 11) is 6.15. The Kier molecular flexibility index (Phi) is 14.1. The number of fused-ring (bicyclic) bond motifs is 1. The van der Waals surface area contributed by atoms with E-state index in [1.165, 1.54) is 0 Å². The van der Waals surface area contributed by atoms with Crippen LogP contribution in [0.25, 0.3) is 11.2 Å². The second kappa shape index (κ2) is 17.8. The van der Waals surface area contributed by atoms with Crippen molar-refractivity contribution in [2.24, 2.45) is 0 Å². The van der Waals surface area contributed by atoms with Gasteiger partial charge >= 0.3 is 24.3 Å². The first kappa shape index (κ1) is 41.2. The van der Waals surface area contributed by atoms with Crippen LogP contribution in [0.2, 0.25) is 0 Å². The molecular formula is C31H38F6N10O5. The van der Waals surface area contributed by atoms with Crippen LogP contribution < -0.4 is 15.3 Å². The fourth-order valence-electron chi connectivity index (χ4n) is 5.18. The highest BCUT2D eigenvalue weighted by Crippen LogP contribution is 2.30. The molecule has 1 aliphatic heterocycles. The number of benzene rings is 1. The van der Waals surface area contributed by atoms with Crippen LogP contribution in [-0.2, 0) is 16.1 Å². The predicted molar refractivity (Wildman–Crippen MR) is 174 cm³/mol. The number of hydrazine groups is 1. The summed E-state index contributed by atoms with van der Waals surface area (Å²) < 4.78 is 65.4. The van der Waals surface area contributed by atoms with E-state index in [1.807, 2.05) is 41.9 Å². The third kappa shape index (κ3) is 11.7. The minimum atomic E-state index is -5.08. The average Bonchev–Trinajstić information content (AvgIpc) is 3.76. The summed E-state index contributed by atoms with van der Waals surface area (Å²) in [6.45, 7) is 5.35. The zero-order valence-electron chi connectivity index (χ0n) is 28.4. The van der Waals surface area contributed by atoms with E-state index in [9.17, 15) is 36.4 Å². The summed E-state index contributed by atoms with van der Waals surface area (Å²) in [5.41, 5.74) is 5.97. The van der Waals surface area contributed by atoms with Crippen molar-refractivity contribution in [2.45, 2.75) is 50.6 Å². The van der Waals surface area contributed by atoms with Crippen LogP contribution in [0, 0.1) is 11.3 Å². The van der Waals surface area contributed by atoms with Gasteiger partial charge < -0.3 is 29.5 Å². The zero-order valence-corrected chi connectivity index (χ0v) is 28.4. The molecule has 0 unspecified atom stereocenters. The number of anilines is 2. The number of aliphatic carboxylic acids is 2. The number of rotatable bonds is 8. The molecule has 1 saturated carbocycles.